The molecule has 3 fully saturated rings. The number of nitrogens with zero attached hydrogens (tertiary/aromatic N) is 5. The predicted octanol–water partition coefficient (Wildman–Crippen LogP) is 10.2. The van der Waals surface area contributed by atoms with Crippen molar-refractivity contribution < 1.29 is 0 Å². The van der Waals surface area contributed by atoms with Gasteiger partial charge in [0.25, 0.3) is 0 Å². The fraction of sp³-hybridized carbons (Fsp3) is 0.478. The van der Waals surface area contributed by atoms with E-state index in [4.69, 9.17) is 0 Å². The summed E-state index contributed by atoms with van der Waals surface area (Å²) in [5.41, 5.74) is 5.10. The average Bonchev–Trinajstić information content (AvgIpc) is 3.76. The van der Waals surface area contributed by atoms with Crippen molar-refractivity contribution in [3.05, 3.63) is 120 Å². The fourth-order valence-electron chi connectivity index (χ4n) is 9.24. The second-order valence-corrected chi connectivity index (χ2v) is 28.1. The molecule has 0 saturated carbocycles. The van der Waals surface area contributed by atoms with E-state index in [0.717, 1.165) is 19.4 Å². The first kappa shape index (κ1) is 42.9. The lowest BCUT2D eigenvalue weighted by Gasteiger charge is -2.41. The van der Waals surface area contributed by atoms with Crippen LogP contribution in [0.25, 0.3) is 0 Å². The molecule has 4 aromatic rings. The minimum Gasteiger partial charge on any atom is -0.251 e. The summed E-state index contributed by atoms with van der Waals surface area (Å²) in [6, 6.07) is 40.5. The molecule has 0 bridgehead atoms. The Bertz CT molecular complexity index is 1860. The van der Waals surface area contributed by atoms with Crippen LogP contribution in [0.1, 0.15) is 82.7 Å². The molecule has 0 N–H and O–H groups in total. The maximum atomic E-state index is 3.32. The van der Waals surface area contributed by atoms with E-state index in [1.54, 1.807) is 10.6 Å². The zero-order chi connectivity index (χ0) is 39.7. The molecular formula is C46H66N5P5. The van der Waals surface area contributed by atoms with Crippen molar-refractivity contribution >= 4 is 62.4 Å². The Hall–Kier alpha value is -1.17. The van der Waals surface area contributed by atoms with Crippen LogP contribution in [-0.2, 0) is 12.8 Å². The van der Waals surface area contributed by atoms with Gasteiger partial charge in [-0.2, -0.15) is 0 Å². The standard InChI is InChI=1S/C46H66N5P5/c1-10-11-31-51(56-43(29-30-46(56)52)40-20-14-12-15-21-40)55(41-22-16-13-17-23-41)42-24-18-19-38(32-42)25-26-39-27-28-44(53-34(2)47(6)48(7)35(53)3)45(33-39)54-36(4)49(8)50(9)37(54)5/h12-24,27-28,32-37,43,46H,10-11,25-26,29-31,52H2,1-9H3/t34-,35-,36-,37-,43-,46-,55?,56?/m0/s1. The SMILES string of the molecule is CCCCN(P(c1ccccc1)c1cccc(CCc2ccc(P3[C@@H](C)N(C)N(C)[C@@H]3C)c(P3[C@@H](C)N(C)N(C)[C@@H]3C)c2)c1)P1[C@H](P)CC[C@H]1c1ccccc1. The first-order valence-electron chi connectivity index (χ1n) is 20.9. The van der Waals surface area contributed by atoms with Crippen LogP contribution in [0.3, 0.4) is 0 Å². The lowest BCUT2D eigenvalue weighted by atomic mass is 10.0. The van der Waals surface area contributed by atoms with Gasteiger partial charge in [0.1, 0.15) is 0 Å². The molecule has 0 spiro atoms. The first-order chi connectivity index (χ1) is 27.0. The Morgan fingerprint density at radius 1 is 0.625 bits per heavy atom. The highest BCUT2D eigenvalue weighted by atomic mass is 31.2. The minimum atomic E-state index is -0.681. The summed E-state index contributed by atoms with van der Waals surface area (Å²) >= 11 is 0. The van der Waals surface area contributed by atoms with Gasteiger partial charge in [0, 0.05) is 77.0 Å². The molecule has 3 heterocycles. The lowest BCUT2D eigenvalue weighted by molar-refractivity contribution is 0.0357. The van der Waals surface area contributed by atoms with Gasteiger partial charge >= 0.3 is 0 Å². The van der Waals surface area contributed by atoms with Crippen molar-refractivity contribution in [1.29, 1.82) is 0 Å². The zero-order valence-electron chi connectivity index (χ0n) is 35.3. The highest BCUT2D eigenvalue weighted by Crippen LogP contribution is 2.72. The number of hydrazine groups is 2. The Morgan fingerprint density at radius 3 is 1.75 bits per heavy atom. The van der Waals surface area contributed by atoms with Crippen molar-refractivity contribution in [2.45, 2.75) is 107 Å². The summed E-state index contributed by atoms with van der Waals surface area (Å²) in [7, 11) is 10.7. The maximum Gasteiger partial charge on any atom is 0.0468 e. The molecule has 9 atom stereocenters. The van der Waals surface area contributed by atoms with Crippen molar-refractivity contribution in [3.63, 3.8) is 0 Å². The van der Waals surface area contributed by atoms with Crippen molar-refractivity contribution in [3.8, 4) is 0 Å². The van der Waals surface area contributed by atoms with Crippen molar-refractivity contribution in [1.82, 2.24) is 24.5 Å². The average molecular weight is 844 g/mol. The van der Waals surface area contributed by atoms with Crippen LogP contribution >= 0.6 is 41.2 Å². The molecule has 0 aliphatic carbocycles. The van der Waals surface area contributed by atoms with Crippen molar-refractivity contribution in [2.24, 2.45) is 0 Å². The second-order valence-electron chi connectivity index (χ2n) is 16.2. The number of hydrogen-bond acceptors (Lipinski definition) is 5. The molecule has 3 aliphatic heterocycles. The van der Waals surface area contributed by atoms with Gasteiger partial charge in [0.15, 0.2) is 0 Å². The molecule has 56 heavy (non-hydrogen) atoms. The summed E-state index contributed by atoms with van der Waals surface area (Å²) in [5.74, 6) is 2.10. The van der Waals surface area contributed by atoms with Crippen molar-refractivity contribution in [2.75, 3.05) is 34.7 Å². The molecule has 7 rings (SSSR count). The molecule has 0 aromatic heterocycles. The van der Waals surface area contributed by atoms with E-state index in [1.165, 1.54) is 53.0 Å². The highest BCUT2D eigenvalue weighted by Gasteiger charge is 2.45. The summed E-state index contributed by atoms with van der Waals surface area (Å²) in [5, 5.41) is 16.9. The van der Waals surface area contributed by atoms with Crippen LogP contribution < -0.4 is 21.2 Å². The molecule has 3 aliphatic rings. The molecule has 4 aromatic carbocycles. The van der Waals surface area contributed by atoms with Gasteiger partial charge in [-0.3, -0.25) is 4.44 Å². The van der Waals surface area contributed by atoms with Gasteiger partial charge < -0.3 is 0 Å². The number of rotatable bonds is 13. The fourth-order valence-corrected chi connectivity index (χ4v) is 24.9. The molecule has 10 heteroatoms. The molecule has 5 nitrogen and oxygen atoms in total. The molecule has 0 radical (unpaired) electrons. The largest absolute Gasteiger partial charge is 0.251 e. The van der Waals surface area contributed by atoms with E-state index in [2.05, 4.69) is 200 Å². The molecule has 3 unspecified atom stereocenters. The monoisotopic (exact) mass is 843 g/mol. The topological polar surface area (TPSA) is 16.2 Å². The highest BCUT2D eigenvalue weighted by molar-refractivity contribution is 7.81. The van der Waals surface area contributed by atoms with E-state index < -0.39 is 8.07 Å². The quantitative estimate of drug-likeness (QED) is 0.124. The van der Waals surface area contributed by atoms with E-state index >= 15 is 0 Å². The molecular weight excluding hydrogens is 777 g/mol. The van der Waals surface area contributed by atoms with Gasteiger partial charge in [-0.1, -0.05) is 110 Å². The second kappa shape index (κ2) is 19.0. The molecule has 0 amide bonds. The smallest absolute Gasteiger partial charge is 0.0468 e. The van der Waals surface area contributed by atoms with E-state index in [1.807, 2.05) is 0 Å². The summed E-state index contributed by atoms with van der Waals surface area (Å²) in [6.45, 7) is 13.3. The molecule has 300 valence electrons. The first-order valence-corrected chi connectivity index (χ1v) is 27.3. The normalized spacial score (nSPS) is 27.9. The van der Waals surface area contributed by atoms with Gasteiger partial charge in [-0.15, -0.1) is 9.24 Å². The number of unbranched alkanes of at least 4 members (excludes halogenated alkanes) is 1. The van der Waals surface area contributed by atoms with Gasteiger partial charge in [0.05, 0.1) is 0 Å². The Kier molecular flexibility index (Phi) is 14.6. The third-order valence-corrected chi connectivity index (χ3v) is 27.1. The van der Waals surface area contributed by atoms with Crippen LogP contribution in [0, 0.1) is 0 Å². The zero-order valence-corrected chi connectivity index (χ0v) is 40.1. The van der Waals surface area contributed by atoms with Gasteiger partial charge in [-0.05, 0) is 128 Å². The third kappa shape index (κ3) is 8.69. The van der Waals surface area contributed by atoms with Crippen LogP contribution in [0.5, 0.6) is 0 Å². The predicted molar refractivity (Wildman–Crippen MR) is 255 cm³/mol. The van der Waals surface area contributed by atoms with Gasteiger partial charge in [0.2, 0.25) is 0 Å². The van der Waals surface area contributed by atoms with Crippen LogP contribution in [0.15, 0.2) is 103 Å². The maximum absolute atomic E-state index is 3.32. The number of hydrogen-bond donors (Lipinski definition) is 0. The summed E-state index contributed by atoms with van der Waals surface area (Å²) < 4.78 is 3.04. The van der Waals surface area contributed by atoms with Gasteiger partial charge in [-0.25, -0.2) is 20.0 Å². The third-order valence-electron chi connectivity index (χ3n) is 13.0. The van der Waals surface area contributed by atoms with E-state index in [-0.39, 0.29) is 23.9 Å². The number of benzene rings is 4. The van der Waals surface area contributed by atoms with Crippen LogP contribution in [0.2, 0.25) is 0 Å². The number of aryl methyl sites for hydroxylation is 2. The van der Waals surface area contributed by atoms with Crippen LogP contribution in [-0.4, -0.2) is 87.7 Å². The molecule has 3 saturated heterocycles. The van der Waals surface area contributed by atoms with E-state index in [9.17, 15) is 0 Å². The minimum absolute atomic E-state index is 0.352. The van der Waals surface area contributed by atoms with Crippen LogP contribution in [0.4, 0.5) is 0 Å². The Balaban J connectivity index is 1.21. The Labute approximate surface area is 347 Å². The Morgan fingerprint density at radius 2 is 1.16 bits per heavy atom. The van der Waals surface area contributed by atoms with E-state index in [0.29, 0.717) is 34.2 Å². The summed E-state index contributed by atoms with van der Waals surface area (Å²) in [4.78, 5) is 0. The lowest BCUT2D eigenvalue weighted by Crippen LogP contribution is -2.35. The summed E-state index contributed by atoms with van der Waals surface area (Å²) in [6.07, 6.45) is 7.15.